The second-order valence-corrected chi connectivity index (χ2v) is 18.3. The summed E-state index contributed by atoms with van der Waals surface area (Å²) < 4.78 is 51.1. The lowest BCUT2D eigenvalue weighted by molar-refractivity contribution is -0.137. The second kappa shape index (κ2) is 18.3. The van der Waals surface area contributed by atoms with Crippen molar-refractivity contribution in [1.29, 1.82) is 15.8 Å². The second-order valence-electron chi connectivity index (χ2n) is 18.3. The van der Waals surface area contributed by atoms with E-state index in [0.717, 1.165) is 72.1 Å². The van der Waals surface area contributed by atoms with Crippen LogP contribution in [0, 0.1) is 47.1 Å². The first-order chi connectivity index (χ1) is 37.0. The van der Waals surface area contributed by atoms with E-state index in [2.05, 4.69) is 40.0 Å². The first-order valence-corrected chi connectivity index (χ1v) is 23.9. The number of alkyl halides is 3. The molecule has 0 saturated heterocycles. The first kappa shape index (κ1) is 46.1. The van der Waals surface area contributed by atoms with Crippen LogP contribution in [0.2, 0.25) is 0 Å². The van der Waals surface area contributed by atoms with Crippen molar-refractivity contribution in [2.45, 2.75) is 6.18 Å². The third-order valence-corrected chi connectivity index (χ3v) is 14.1. The van der Waals surface area contributed by atoms with Gasteiger partial charge in [-0.3, -0.25) is 0 Å². The molecule has 7 nitrogen and oxygen atoms in total. The Hall–Kier alpha value is -11.0. The largest absolute Gasteiger partial charge is 0.417 e. The standard InChI is InChI=1S/C66H34F3N7/c1-73-51-23-15-45(16-24-51)49-21-29-61-56(35-49)57-36-50(46-17-25-52(74-2)26-18-46)22-30-62(57)76(61)64-32-42(39-72)31-63(65(64)53-5-3-4-6-58(53)66(67,68)69)75-59-27-19-47(43-11-7-40(37-70)8-12-43)33-54(59)55-34-48(20-28-60(55)75)44-13-9-41(38-71)10-14-44/h3-36H. The predicted octanol–water partition coefficient (Wildman–Crippen LogP) is 18.0. The molecule has 0 unspecified atom stereocenters. The van der Waals surface area contributed by atoms with Gasteiger partial charge in [-0.25, -0.2) is 9.69 Å². The summed E-state index contributed by atoms with van der Waals surface area (Å²) in [6, 6.07) is 68.5. The minimum atomic E-state index is -4.79. The molecule has 0 aliphatic rings. The highest BCUT2D eigenvalue weighted by atomic mass is 19.4. The molecular formula is C66H34F3N7. The molecule has 0 aliphatic carbocycles. The maximum Gasteiger partial charge on any atom is 0.417 e. The number of hydrogen-bond donors (Lipinski definition) is 0. The minimum Gasteiger partial charge on any atom is -0.308 e. The monoisotopic (exact) mass is 981 g/mol. The molecule has 354 valence electrons. The fourth-order valence-electron chi connectivity index (χ4n) is 10.5. The molecule has 0 fully saturated rings. The zero-order chi connectivity index (χ0) is 52.2. The molecule has 12 rings (SSSR count). The van der Waals surface area contributed by atoms with E-state index in [9.17, 15) is 15.8 Å². The van der Waals surface area contributed by atoms with Crippen molar-refractivity contribution in [3.63, 3.8) is 0 Å². The molecule has 10 heteroatoms. The number of aromatic nitrogens is 2. The SMILES string of the molecule is [C-]#[N+]c1ccc(-c2ccc3c(c2)c2cc(-c4ccc([N+]#[C-])cc4)ccc2n3-c2cc(C#N)cc(-n3c4ccc(-c5ccc(C#N)cc5)cc4c4cc(-c5ccc(C#N)cc5)ccc43)c2-c2ccccc2C(F)(F)F)cc1. The molecule has 0 atom stereocenters. The van der Waals surface area contributed by atoms with Crippen LogP contribution in [0.1, 0.15) is 22.3 Å². The van der Waals surface area contributed by atoms with Gasteiger partial charge in [-0.2, -0.15) is 29.0 Å². The average Bonchev–Trinajstić information content (AvgIpc) is 4.16. The van der Waals surface area contributed by atoms with Crippen LogP contribution >= 0.6 is 0 Å². The van der Waals surface area contributed by atoms with Crippen molar-refractivity contribution < 1.29 is 13.2 Å². The lowest BCUT2D eigenvalue weighted by atomic mass is 9.94. The minimum absolute atomic E-state index is 0.0917. The Bertz CT molecular complexity index is 4100. The fourth-order valence-corrected chi connectivity index (χ4v) is 10.5. The van der Waals surface area contributed by atoms with Crippen molar-refractivity contribution in [1.82, 2.24) is 9.13 Å². The van der Waals surface area contributed by atoms with E-state index in [-0.39, 0.29) is 16.7 Å². The summed E-state index contributed by atoms with van der Waals surface area (Å²) >= 11 is 0. The maximum absolute atomic E-state index is 15.7. The van der Waals surface area contributed by atoms with Gasteiger partial charge >= 0.3 is 6.18 Å². The van der Waals surface area contributed by atoms with E-state index in [0.29, 0.717) is 55.9 Å². The van der Waals surface area contributed by atoms with Gasteiger partial charge in [-0.1, -0.05) is 115 Å². The third kappa shape index (κ3) is 7.83. The molecule has 0 amide bonds. The lowest BCUT2D eigenvalue weighted by Crippen LogP contribution is -2.10. The Balaban J connectivity index is 1.20. The molecule has 0 radical (unpaired) electrons. The lowest BCUT2D eigenvalue weighted by Gasteiger charge is -2.23. The highest BCUT2D eigenvalue weighted by Gasteiger charge is 2.36. The number of halogens is 3. The van der Waals surface area contributed by atoms with Gasteiger partial charge in [0.15, 0.2) is 11.4 Å². The maximum atomic E-state index is 15.7. The summed E-state index contributed by atoms with van der Waals surface area (Å²) in [5, 5.41) is 33.4. The van der Waals surface area contributed by atoms with Crippen LogP contribution in [0.4, 0.5) is 24.5 Å². The van der Waals surface area contributed by atoms with Gasteiger partial charge in [0.1, 0.15) is 0 Å². The van der Waals surface area contributed by atoms with Gasteiger partial charge in [0, 0.05) is 27.1 Å². The Morgan fingerprint density at radius 2 is 0.684 bits per heavy atom. The number of hydrogen-bond acceptors (Lipinski definition) is 3. The number of nitriles is 3. The molecular weight excluding hydrogens is 948 g/mol. The van der Waals surface area contributed by atoms with E-state index < -0.39 is 11.7 Å². The molecule has 0 N–H and O–H groups in total. The molecule has 2 heterocycles. The van der Waals surface area contributed by atoms with Crippen molar-refractivity contribution in [3.05, 3.63) is 251 Å². The van der Waals surface area contributed by atoms with Crippen LogP contribution in [0.25, 0.3) is 120 Å². The normalized spacial score (nSPS) is 11.3. The summed E-state index contributed by atoms with van der Waals surface area (Å²) in [7, 11) is 0. The molecule has 0 saturated carbocycles. The van der Waals surface area contributed by atoms with Crippen LogP contribution in [0.5, 0.6) is 0 Å². The molecule has 12 aromatic rings. The van der Waals surface area contributed by atoms with Gasteiger partial charge in [-0.05, 0) is 141 Å². The number of fused-ring (bicyclic) bond motifs is 6. The first-order valence-electron chi connectivity index (χ1n) is 23.9. The molecule has 76 heavy (non-hydrogen) atoms. The smallest absolute Gasteiger partial charge is 0.308 e. The van der Waals surface area contributed by atoms with Gasteiger partial charge in [-0.15, -0.1) is 0 Å². The average molecular weight is 982 g/mol. The highest BCUT2D eigenvalue weighted by molar-refractivity contribution is 6.14. The van der Waals surface area contributed by atoms with E-state index in [1.807, 2.05) is 118 Å². The Morgan fingerprint density at radius 1 is 0.368 bits per heavy atom. The Labute approximate surface area is 433 Å². The Kier molecular flexibility index (Phi) is 11.1. The van der Waals surface area contributed by atoms with Crippen LogP contribution in [0.3, 0.4) is 0 Å². The highest BCUT2D eigenvalue weighted by Crippen LogP contribution is 2.48. The summed E-state index contributed by atoms with van der Waals surface area (Å²) in [6.45, 7) is 15.0. The van der Waals surface area contributed by atoms with Gasteiger partial charge in [0.05, 0.1) is 87.0 Å². The Morgan fingerprint density at radius 3 is 1.00 bits per heavy atom. The summed E-state index contributed by atoms with van der Waals surface area (Å²) in [4.78, 5) is 7.14. The van der Waals surface area contributed by atoms with Crippen molar-refractivity contribution in [2.24, 2.45) is 0 Å². The number of benzene rings is 10. The van der Waals surface area contributed by atoms with Crippen LogP contribution in [0.15, 0.2) is 206 Å². The van der Waals surface area contributed by atoms with Gasteiger partial charge in [0.2, 0.25) is 0 Å². The van der Waals surface area contributed by atoms with Crippen LogP contribution < -0.4 is 0 Å². The van der Waals surface area contributed by atoms with Gasteiger partial charge in [0.25, 0.3) is 0 Å². The molecule has 0 bridgehead atoms. The summed E-state index contributed by atoms with van der Waals surface area (Å²) in [5.41, 5.74) is 11.7. The van der Waals surface area contributed by atoms with Crippen molar-refractivity contribution in [3.8, 4) is 85.2 Å². The van der Waals surface area contributed by atoms with E-state index >= 15 is 13.2 Å². The quantitative estimate of drug-likeness (QED) is 0.149. The molecule has 0 aliphatic heterocycles. The van der Waals surface area contributed by atoms with Crippen LogP contribution in [-0.4, -0.2) is 9.13 Å². The summed E-state index contributed by atoms with van der Waals surface area (Å²) in [5.74, 6) is 0. The van der Waals surface area contributed by atoms with Crippen LogP contribution in [-0.2, 0) is 6.18 Å². The third-order valence-electron chi connectivity index (χ3n) is 14.1. The topological polar surface area (TPSA) is 89.9 Å². The zero-order valence-electron chi connectivity index (χ0n) is 39.9. The van der Waals surface area contributed by atoms with Crippen molar-refractivity contribution >= 4 is 55.0 Å². The zero-order valence-corrected chi connectivity index (χ0v) is 39.9. The number of rotatable bonds is 7. The van der Waals surface area contributed by atoms with E-state index in [1.165, 1.54) is 12.1 Å². The predicted molar refractivity (Wildman–Crippen MR) is 294 cm³/mol. The van der Waals surface area contributed by atoms with Gasteiger partial charge < -0.3 is 9.13 Å². The molecule has 0 spiro atoms. The van der Waals surface area contributed by atoms with Crippen molar-refractivity contribution in [2.75, 3.05) is 0 Å². The number of nitrogens with zero attached hydrogens (tertiary/aromatic N) is 7. The van der Waals surface area contributed by atoms with E-state index in [4.69, 9.17) is 13.1 Å². The van der Waals surface area contributed by atoms with E-state index in [1.54, 1.807) is 66.7 Å². The summed E-state index contributed by atoms with van der Waals surface area (Å²) in [6.07, 6.45) is -4.79. The molecule has 10 aromatic carbocycles. The molecule has 2 aromatic heterocycles. The fraction of sp³-hybridized carbons (Fsp3) is 0.0152.